The number of nitrogens with one attached hydrogen (secondary N) is 1. The number of primary amides is 1. The van der Waals surface area contributed by atoms with Crippen molar-refractivity contribution in [2.24, 2.45) is 5.73 Å². The normalized spacial score (nSPS) is 11.2. The lowest BCUT2D eigenvalue weighted by molar-refractivity contribution is -0.138. The molecular formula is C17H16F3N4O2. The van der Waals surface area contributed by atoms with Crippen molar-refractivity contribution in [1.29, 1.82) is 0 Å². The molecule has 2 amide bonds. The van der Waals surface area contributed by atoms with E-state index in [1.807, 2.05) is 0 Å². The smallest absolute Gasteiger partial charge is 0.384 e. The van der Waals surface area contributed by atoms with Crippen molar-refractivity contribution < 1.29 is 22.8 Å². The summed E-state index contributed by atoms with van der Waals surface area (Å²) in [5.41, 5.74) is 9.53. The number of amides is 2. The highest BCUT2D eigenvalue weighted by atomic mass is 19.4. The molecule has 0 aliphatic heterocycles. The Labute approximate surface area is 147 Å². The van der Waals surface area contributed by atoms with E-state index in [9.17, 15) is 22.8 Å². The van der Waals surface area contributed by atoms with Gasteiger partial charge in [-0.15, -0.1) is 0 Å². The minimum Gasteiger partial charge on any atom is -0.384 e. The first-order valence-electron chi connectivity index (χ1n) is 7.49. The van der Waals surface area contributed by atoms with E-state index in [0.717, 1.165) is 18.6 Å². The number of nitrogens with two attached hydrogens (primary N) is 2. The first kappa shape index (κ1) is 19.2. The molecular weight excluding hydrogens is 349 g/mol. The average Bonchev–Trinajstić information content (AvgIpc) is 2.58. The van der Waals surface area contributed by atoms with Gasteiger partial charge in [0.1, 0.15) is 5.82 Å². The molecule has 0 saturated carbocycles. The van der Waals surface area contributed by atoms with E-state index in [-0.39, 0.29) is 18.5 Å². The van der Waals surface area contributed by atoms with Gasteiger partial charge in [0.2, 0.25) is 11.8 Å². The minimum atomic E-state index is -4.72. The van der Waals surface area contributed by atoms with E-state index >= 15 is 0 Å². The second-order valence-electron chi connectivity index (χ2n) is 5.42. The number of halogens is 3. The summed E-state index contributed by atoms with van der Waals surface area (Å²) < 4.78 is 39.0. The number of benzene rings is 1. The molecule has 0 fully saturated rings. The van der Waals surface area contributed by atoms with Crippen LogP contribution in [0.25, 0.3) is 0 Å². The van der Waals surface area contributed by atoms with Crippen molar-refractivity contribution in [3.8, 4) is 0 Å². The summed E-state index contributed by atoms with van der Waals surface area (Å²) in [6.45, 7) is 0.174. The second kappa shape index (κ2) is 7.85. The number of alkyl halides is 3. The quantitative estimate of drug-likeness (QED) is 0.725. The fourth-order valence-electron chi connectivity index (χ4n) is 2.30. The summed E-state index contributed by atoms with van der Waals surface area (Å²) in [4.78, 5) is 27.2. The van der Waals surface area contributed by atoms with Gasteiger partial charge in [-0.1, -0.05) is 18.2 Å². The van der Waals surface area contributed by atoms with Crippen molar-refractivity contribution in [2.75, 3.05) is 5.73 Å². The van der Waals surface area contributed by atoms with Crippen molar-refractivity contribution in [3.63, 3.8) is 0 Å². The zero-order valence-electron chi connectivity index (χ0n) is 13.5. The Morgan fingerprint density at radius 2 is 1.92 bits per heavy atom. The molecule has 0 saturated heterocycles. The van der Waals surface area contributed by atoms with Gasteiger partial charge in [-0.25, -0.2) is 4.98 Å². The van der Waals surface area contributed by atoms with Gasteiger partial charge in [-0.3, -0.25) is 9.59 Å². The summed E-state index contributed by atoms with van der Waals surface area (Å²) in [5, 5.41) is 2.57. The minimum absolute atomic E-state index is 0.0247. The van der Waals surface area contributed by atoms with Crippen LogP contribution >= 0.6 is 0 Å². The van der Waals surface area contributed by atoms with E-state index in [2.05, 4.69) is 10.3 Å². The first-order chi connectivity index (χ1) is 12.2. The third-order valence-corrected chi connectivity index (χ3v) is 3.52. The van der Waals surface area contributed by atoms with Crippen LogP contribution in [0.1, 0.15) is 27.0 Å². The number of pyridine rings is 1. The Bertz CT molecular complexity index is 805. The Kier molecular flexibility index (Phi) is 5.81. The Hall–Kier alpha value is -3.10. The summed E-state index contributed by atoms with van der Waals surface area (Å²) in [6.07, 6.45) is -2.25. The van der Waals surface area contributed by atoms with Crippen molar-refractivity contribution >= 4 is 17.6 Å². The van der Waals surface area contributed by atoms with Gasteiger partial charge in [0.15, 0.2) is 0 Å². The van der Waals surface area contributed by atoms with Gasteiger partial charge >= 0.3 is 6.18 Å². The summed E-state index contributed by atoms with van der Waals surface area (Å²) in [5.74, 6) is -1.36. The van der Waals surface area contributed by atoms with E-state index in [1.165, 1.54) is 12.3 Å². The number of anilines is 1. The molecule has 137 valence electrons. The summed E-state index contributed by atoms with van der Waals surface area (Å²) >= 11 is 0. The SMILES string of the molecule is NC(=O)c1c(C[CH]C(=O)NCc2ccc(N)nc2)cccc1C(F)(F)F. The molecule has 26 heavy (non-hydrogen) atoms. The number of aromatic nitrogens is 1. The highest BCUT2D eigenvalue weighted by molar-refractivity contribution is 5.96. The molecule has 0 unspecified atom stereocenters. The van der Waals surface area contributed by atoms with Crippen molar-refractivity contribution in [1.82, 2.24) is 10.3 Å². The maximum absolute atomic E-state index is 13.0. The van der Waals surface area contributed by atoms with Crippen molar-refractivity contribution in [2.45, 2.75) is 19.1 Å². The Balaban J connectivity index is 2.03. The van der Waals surface area contributed by atoms with Crippen LogP contribution in [0.5, 0.6) is 0 Å². The average molecular weight is 365 g/mol. The van der Waals surface area contributed by atoms with Crippen LogP contribution in [-0.4, -0.2) is 16.8 Å². The van der Waals surface area contributed by atoms with Gasteiger partial charge < -0.3 is 16.8 Å². The maximum Gasteiger partial charge on any atom is 0.417 e. The topological polar surface area (TPSA) is 111 Å². The molecule has 0 atom stereocenters. The van der Waals surface area contributed by atoms with Crippen LogP contribution in [0.3, 0.4) is 0 Å². The van der Waals surface area contributed by atoms with E-state index in [0.29, 0.717) is 11.4 Å². The molecule has 1 aromatic heterocycles. The molecule has 9 heteroatoms. The zero-order chi connectivity index (χ0) is 19.3. The predicted molar refractivity (Wildman–Crippen MR) is 88.5 cm³/mol. The molecule has 2 rings (SSSR count). The van der Waals surface area contributed by atoms with Gasteiger partial charge in [-0.2, -0.15) is 13.2 Å². The Morgan fingerprint density at radius 1 is 1.19 bits per heavy atom. The van der Waals surface area contributed by atoms with Crippen LogP contribution in [0.4, 0.5) is 19.0 Å². The number of rotatable bonds is 6. The fraction of sp³-hybridized carbons (Fsp3) is 0.176. The maximum atomic E-state index is 13.0. The van der Waals surface area contributed by atoms with Gasteiger partial charge in [0.25, 0.3) is 0 Å². The standard InChI is InChI=1S/C17H16F3N4O2/c18-17(19,20)12-3-1-2-11(15(12)16(22)26)5-7-14(25)24-9-10-4-6-13(21)23-8-10/h1-4,6-8H,5,9H2,(H2,21,23)(H2,22,26)(H,24,25). The molecule has 1 aromatic carbocycles. The van der Waals surface area contributed by atoms with Crippen LogP contribution in [0, 0.1) is 6.42 Å². The Morgan fingerprint density at radius 3 is 2.50 bits per heavy atom. The molecule has 1 radical (unpaired) electrons. The number of nitrogen functional groups attached to an aromatic ring is 1. The van der Waals surface area contributed by atoms with Crippen LogP contribution in [0.15, 0.2) is 36.5 Å². The van der Waals surface area contributed by atoms with E-state index < -0.39 is 29.1 Å². The van der Waals surface area contributed by atoms with Gasteiger partial charge in [0, 0.05) is 12.7 Å². The number of carbonyl (C=O) groups excluding carboxylic acids is 2. The molecule has 0 aliphatic rings. The second-order valence-corrected chi connectivity index (χ2v) is 5.42. The summed E-state index contributed by atoms with van der Waals surface area (Å²) in [7, 11) is 0. The molecule has 5 N–H and O–H groups in total. The highest BCUT2D eigenvalue weighted by Gasteiger charge is 2.35. The molecule has 0 aliphatic carbocycles. The number of carbonyl (C=O) groups is 2. The lowest BCUT2D eigenvalue weighted by atomic mass is 9.96. The van der Waals surface area contributed by atoms with Crippen LogP contribution in [0.2, 0.25) is 0 Å². The molecule has 6 nitrogen and oxygen atoms in total. The molecule has 2 aromatic rings. The number of hydrogen-bond acceptors (Lipinski definition) is 4. The van der Waals surface area contributed by atoms with Crippen LogP contribution in [-0.2, 0) is 23.9 Å². The third kappa shape index (κ3) is 4.95. The summed E-state index contributed by atoms with van der Waals surface area (Å²) in [6, 6.07) is 6.52. The van der Waals surface area contributed by atoms with Gasteiger partial charge in [0.05, 0.1) is 17.5 Å². The predicted octanol–water partition coefficient (Wildman–Crippen LogP) is 1.84. The molecule has 0 spiro atoms. The largest absolute Gasteiger partial charge is 0.417 e. The zero-order valence-corrected chi connectivity index (χ0v) is 13.5. The van der Waals surface area contributed by atoms with Crippen LogP contribution < -0.4 is 16.8 Å². The number of hydrogen-bond donors (Lipinski definition) is 3. The van der Waals surface area contributed by atoms with E-state index in [4.69, 9.17) is 11.5 Å². The number of nitrogens with zero attached hydrogens (tertiary/aromatic N) is 1. The highest BCUT2D eigenvalue weighted by Crippen LogP contribution is 2.33. The fourth-order valence-corrected chi connectivity index (χ4v) is 2.30. The van der Waals surface area contributed by atoms with E-state index in [1.54, 1.807) is 12.1 Å². The van der Waals surface area contributed by atoms with Crippen molar-refractivity contribution in [3.05, 3.63) is 65.2 Å². The third-order valence-electron chi connectivity index (χ3n) is 3.52. The van der Waals surface area contributed by atoms with Gasteiger partial charge in [-0.05, 0) is 29.7 Å². The lowest BCUT2D eigenvalue weighted by Crippen LogP contribution is -2.25. The molecule has 1 heterocycles. The first-order valence-corrected chi connectivity index (χ1v) is 7.49. The molecule has 0 bridgehead atoms. The monoisotopic (exact) mass is 365 g/mol. The lowest BCUT2D eigenvalue weighted by Gasteiger charge is -2.14.